The molecular weight excluding hydrogens is 421 g/mol. The second-order valence-electron chi connectivity index (χ2n) is 7.05. The van der Waals surface area contributed by atoms with Crippen molar-refractivity contribution in [3.63, 3.8) is 0 Å². The van der Waals surface area contributed by atoms with Gasteiger partial charge in [0.2, 0.25) is 0 Å². The fourth-order valence-electron chi connectivity index (χ4n) is 3.78. The minimum atomic E-state index is -2.96. The van der Waals surface area contributed by atoms with E-state index in [1.165, 1.54) is 14.2 Å². The Morgan fingerprint density at radius 1 is 0.688 bits per heavy atom. The Labute approximate surface area is 187 Å². The zero-order valence-electron chi connectivity index (χ0n) is 17.8. The maximum Gasteiger partial charge on any atom is 0.341 e. The standard InChI is InChI=1S/C26H22NO4P/c1-30-25(28)22-18-23(19-12-6-3-7-13-19)27-32(24(22)26(29)31-2,20-14-8-4-9-15-20)21-16-10-5-11-17-21/h3-18H,1-2H3. The molecule has 0 aromatic heterocycles. The summed E-state index contributed by atoms with van der Waals surface area (Å²) in [6.07, 6.45) is 1.62. The Morgan fingerprint density at radius 2 is 1.16 bits per heavy atom. The van der Waals surface area contributed by atoms with Crippen LogP contribution in [0.5, 0.6) is 0 Å². The lowest BCUT2D eigenvalue weighted by molar-refractivity contribution is -0.137. The summed E-state index contributed by atoms with van der Waals surface area (Å²) in [6.45, 7) is 0. The van der Waals surface area contributed by atoms with Gasteiger partial charge in [0, 0.05) is 16.2 Å². The molecule has 0 bridgehead atoms. The van der Waals surface area contributed by atoms with Crippen LogP contribution in [0.15, 0.2) is 107 Å². The average Bonchev–Trinajstić information content (AvgIpc) is 2.88. The molecular formula is C26H22NO4P. The van der Waals surface area contributed by atoms with E-state index < -0.39 is 19.0 Å². The first-order valence-corrected chi connectivity index (χ1v) is 11.8. The zero-order valence-corrected chi connectivity index (χ0v) is 18.7. The molecule has 0 radical (unpaired) electrons. The van der Waals surface area contributed by atoms with E-state index in [1.807, 2.05) is 91.0 Å². The van der Waals surface area contributed by atoms with Crippen molar-refractivity contribution in [2.45, 2.75) is 0 Å². The van der Waals surface area contributed by atoms with Gasteiger partial charge in [-0.2, -0.15) is 0 Å². The van der Waals surface area contributed by atoms with Gasteiger partial charge in [0.05, 0.1) is 32.5 Å². The third-order valence-corrected chi connectivity index (χ3v) is 8.91. The van der Waals surface area contributed by atoms with E-state index in [0.29, 0.717) is 5.71 Å². The maximum atomic E-state index is 13.3. The van der Waals surface area contributed by atoms with Gasteiger partial charge in [-0.3, -0.25) is 4.76 Å². The van der Waals surface area contributed by atoms with E-state index in [-0.39, 0.29) is 10.9 Å². The predicted octanol–water partition coefficient (Wildman–Crippen LogP) is 3.52. The third kappa shape index (κ3) is 3.72. The summed E-state index contributed by atoms with van der Waals surface area (Å²) in [4.78, 5) is 26.2. The molecule has 0 N–H and O–H groups in total. The maximum absolute atomic E-state index is 13.3. The first kappa shape index (κ1) is 21.5. The fourth-order valence-corrected chi connectivity index (χ4v) is 7.49. The Hall–Kier alpha value is -3.69. The van der Waals surface area contributed by atoms with Crippen LogP contribution in [0.4, 0.5) is 0 Å². The van der Waals surface area contributed by atoms with E-state index >= 15 is 0 Å². The first-order chi connectivity index (χ1) is 15.6. The Bertz CT molecular complexity index is 1220. The van der Waals surface area contributed by atoms with Crippen LogP contribution < -0.4 is 10.6 Å². The minimum absolute atomic E-state index is 0.161. The average molecular weight is 443 g/mol. The van der Waals surface area contributed by atoms with Crippen LogP contribution >= 0.6 is 7.04 Å². The summed E-state index contributed by atoms with van der Waals surface area (Å²) in [5.41, 5.74) is 1.61. The number of carbonyl (C=O) groups excluding carboxylic acids is 2. The second kappa shape index (κ2) is 9.21. The van der Waals surface area contributed by atoms with E-state index in [4.69, 9.17) is 14.2 Å². The van der Waals surface area contributed by atoms with Gasteiger partial charge in [-0.1, -0.05) is 91.0 Å². The van der Waals surface area contributed by atoms with E-state index in [1.54, 1.807) is 6.08 Å². The van der Waals surface area contributed by atoms with Gasteiger partial charge in [0.1, 0.15) is 5.29 Å². The molecule has 0 atom stereocenters. The van der Waals surface area contributed by atoms with E-state index in [0.717, 1.165) is 16.2 Å². The molecule has 5 nitrogen and oxygen atoms in total. The highest BCUT2D eigenvalue weighted by Crippen LogP contribution is 2.52. The molecule has 160 valence electrons. The highest BCUT2D eigenvalue weighted by atomic mass is 31.2. The van der Waals surface area contributed by atoms with Gasteiger partial charge in [-0.25, -0.2) is 9.59 Å². The van der Waals surface area contributed by atoms with Gasteiger partial charge < -0.3 is 9.47 Å². The van der Waals surface area contributed by atoms with Crippen molar-refractivity contribution < 1.29 is 19.1 Å². The van der Waals surface area contributed by atoms with Crippen LogP contribution in [0, 0.1) is 0 Å². The normalized spacial score (nSPS) is 14.8. The molecule has 1 aliphatic heterocycles. The molecule has 0 saturated carbocycles. The molecule has 4 rings (SSSR count). The quantitative estimate of drug-likeness (QED) is 0.447. The van der Waals surface area contributed by atoms with Crippen molar-refractivity contribution in [3.8, 4) is 0 Å². The largest absolute Gasteiger partial charge is 0.465 e. The molecule has 0 unspecified atom stereocenters. The van der Waals surface area contributed by atoms with Gasteiger partial charge >= 0.3 is 11.9 Å². The monoisotopic (exact) mass is 443 g/mol. The zero-order chi connectivity index (χ0) is 22.6. The Kier molecular flexibility index (Phi) is 6.20. The SMILES string of the molecule is COC(=O)C1=CC(c2ccccc2)=NP(c2ccccc2)(c2ccccc2)=C1C(=O)OC. The summed E-state index contributed by atoms with van der Waals surface area (Å²) in [5.74, 6) is -1.21. The van der Waals surface area contributed by atoms with Crippen LogP contribution in [0.1, 0.15) is 5.56 Å². The summed E-state index contributed by atoms with van der Waals surface area (Å²) >= 11 is 0. The molecule has 0 fully saturated rings. The molecule has 3 aromatic rings. The van der Waals surface area contributed by atoms with Crippen LogP contribution in [0.2, 0.25) is 0 Å². The number of nitrogens with zero attached hydrogens (tertiary/aromatic N) is 1. The molecule has 1 aliphatic rings. The molecule has 0 saturated heterocycles. The van der Waals surface area contributed by atoms with Crippen LogP contribution in [-0.4, -0.2) is 37.2 Å². The first-order valence-electron chi connectivity index (χ1n) is 10.0. The summed E-state index contributed by atoms with van der Waals surface area (Å²) in [7, 11) is -0.348. The molecule has 0 amide bonds. The van der Waals surface area contributed by atoms with Gasteiger partial charge in [-0.15, -0.1) is 0 Å². The molecule has 0 spiro atoms. The molecule has 32 heavy (non-hydrogen) atoms. The van der Waals surface area contributed by atoms with Crippen molar-refractivity contribution in [3.05, 3.63) is 108 Å². The van der Waals surface area contributed by atoms with Gasteiger partial charge in [0.25, 0.3) is 0 Å². The van der Waals surface area contributed by atoms with Crippen molar-refractivity contribution in [2.75, 3.05) is 14.2 Å². The third-order valence-electron chi connectivity index (χ3n) is 5.23. The number of esters is 2. The lowest BCUT2D eigenvalue weighted by atomic mass is 10.1. The van der Waals surface area contributed by atoms with Crippen molar-refractivity contribution in [2.24, 2.45) is 4.76 Å². The number of carbonyl (C=O) groups is 2. The molecule has 3 aromatic carbocycles. The van der Waals surface area contributed by atoms with E-state index in [9.17, 15) is 9.59 Å². The predicted molar refractivity (Wildman–Crippen MR) is 129 cm³/mol. The number of benzene rings is 3. The van der Waals surface area contributed by atoms with Crippen molar-refractivity contribution in [1.29, 1.82) is 0 Å². The minimum Gasteiger partial charge on any atom is -0.465 e. The molecule has 6 heteroatoms. The number of hydrogen-bond acceptors (Lipinski definition) is 5. The summed E-state index contributed by atoms with van der Waals surface area (Å²) < 4.78 is 15.5. The van der Waals surface area contributed by atoms with Gasteiger partial charge in [-0.05, 0) is 6.08 Å². The molecule has 0 aliphatic carbocycles. The fraction of sp³-hybridized carbons (Fsp3) is 0.0769. The highest BCUT2D eigenvalue weighted by molar-refractivity contribution is 7.90. The number of rotatable bonds is 5. The smallest absolute Gasteiger partial charge is 0.341 e. The molecule has 1 heterocycles. The van der Waals surface area contributed by atoms with Crippen molar-refractivity contribution >= 4 is 40.6 Å². The Balaban J connectivity index is 2.23. The number of methoxy groups -OCH3 is 2. The lowest BCUT2D eigenvalue weighted by Gasteiger charge is -2.31. The highest BCUT2D eigenvalue weighted by Gasteiger charge is 2.39. The number of allylic oxidation sites excluding steroid dienone is 1. The van der Waals surface area contributed by atoms with Crippen LogP contribution in [0.25, 0.3) is 0 Å². The van der Waals surface area contributed by atoms with Gasteiger partial charge in [0.15, 0.2) is 0 Å². The van der Waals surface area contributed by atoms with Crippen LogP contribution in [0.3, 0.4) is 0 Å². The Morgan fingerprint density at radius 3 is 1.62 bits per heavy atom. The van der Waals surface area contributed by atoms with Crippen LogP contribution in [-0.2, 0) is 19.1 Å². The number of hydrogen-bond donors (Lipinski definition) is 0. The van der Waals surface area contributed by atoms with E-state index in [2.05, 4.69) is 0 Å². The summed E-state index contributed by atoms with van der Waals surface area (Å²) in [5, 5.41) is 1.91. The van der Waals surface area contributed by atoms with Crippen molar-refractivity contribution in [1.82, 2.24) is 0 Å². The second-order valence-corrected chi connectivity index (χ2v) is 10.00. The topological polar surface area (TPSA) is 65.0 Å². The lowest BCUT2D eigenvalue weighted by Crippen LogP contribution is -2.34. The summed E-state index contributed by atoms with van der Waals surface area (Å²) in [6, 6.07) is 28.8. The number of ether oxygens (including phenoxy) is 2.